The van der Waals surface area contributed by atoms with Crippen molar-refractivity contribution in [3.63, 3.8) is 0 Å². The molecular weight excluding hydrogens is 372 g/mol. The Labute approximate surface area is 169 Å². The third-order valence-corrected chi connectivity index (χ3v) is 4.35. The number of carbonyl (C=O) groups is 2. The zero-order valence-corrected chi connectivity index (χ0v) is 16.7. The maximum atomic E-state index is 12.4. The van der Waals surface area contributed by atoms with E-state index in [2.05, 4.69) is 5.32 Å². The molecule has 0 unspecified atom stereocenters. The van der Waals surface area contributed by atoms with Crippen LogP contribution in [-0.2, 0) is 16.1 Å². The minimum atomic E-state index is -0.507. The lowest BCUT2D eigenvalue weighted by Crippen LogP contribution is -2.30. The molecule has 0 aliphatic rings. The van der Waals surface area contributed by atoms with Crippen molar-refractivity contribution < 1.29 is 23.5 Å². The average Bonchev–Trinajstić information content (AvgIpc) is 3.06. The highest BCUT2D eigenvalue weighted by atomic mass is 16.5. The molecule has 0 aliphatic heterocycles. The molecule has 152 valence electrons. The minimum absolute atomic E-state index is 0.138. The van der Waals surface area contributed by atoms with Gasteiger partial charge in [0.1, 0.15) is 11.3 Å². The van der Waals surface area contributed by atoms with Gasteiger partial charge in [0.25, 0.3) is 0 Å². The minimum Gasteiger partial charge on any atom is -0.497 e. The van der Waals surface area contributed by atoms with Gasteiger partial charge in [0.2, 0.25) is 11.7 Å². The first kappa shape index (κ1) is 20.4. The molecule has 1 N–H and O–H groups in total. The van der Waals surface area contributed by atoms with E-state index in [4.69, 9.17) is 13.9 Å². The normalized spacial score (nSPS) is 10.9. The van der Waals surface area contributed by atoms with Crippen LogP contribution in [0, 0.1) is 0 Å². The van der Waals surface area contributed by atoms with Gasteiger partial charge in [0.05, 0.1) is 20.3 Å². The van der Waals surface area contributed by atoms with Gasteiger partial charge < -0.3 is 19.2 Å². The zero-order valence-electron chi connectivity index (χ0n) is 16.7. The number of hydrogen-bond acceptors (Lipinski definition) is 6. The van der Waals surface area contributed by atoms with Crippen molar-refractivity contribution in [1.29, 1.82) is 0 Å². The number of anilines is 1. The molecule has 1 amide bonds. The van der Waals surface area contributed by atoms with E-state index in [0.717, 1.165) is 5.39 Å². The predicted molar refractivity (Wildman–Crippen MR) is 110 cm³/mol. The predicted octanol–water partition coefficient (Wildman–Crippen LogP) is 3.69. The second kappa shape index (κ2) is 9.25. The van der Waals surface area contributed by atoms with Gasteiger partial charge >= 0.3 is 5.97 Å². The van der Waals surface area contributed by atoms with Gasteiger partial charge in [-0.05, 0) is 32.2 Å². The maximum absolute atomic E-state index is 12.4. The molecule has 3 aromatic rings. The number of ether oxygens (including phenoxy) is 2. The Morgan fingerprint density at radius 2 is 1.93 bits per heavy atom. The number of furan rings is 1. The molecule has 0 saturated heterocycles. The molecule has 0 aliphatic carbocycles. The number of nitrogens with zero attached hydrogens (tertiary/aromatic N) is 1. The van der Waals surface area contributed by atoms with Gasteiger partial charge in [-0.25, -0.2) is 4.79 Å². The molecule has 0 fully saturated rings. The van der Waals surface area contributed by atoms with E-state index in [-0.39, 0.29) is 24.8 Å². The van der Waals surface area contributed by atoms with Crippen molar-refractivity contribution >= 4 is 28.5 Å². The fourth-order valence-corrected chi connectivity index (χ4v) is 3.09. The molecule has 2 aromatic carbocycles. The number of carbonyl (C=O) groups excluding carboxylic acids is 2. The van der Waals surface area contributed by atoms with Crippen molar-refractivity contribution in [1.82, 2.24) is 4.90 Å². The summed E-state index contributed by atoms with van der Waals surface area (Å²) in [5.74, 6) is 0.160. The summed E-state index contributed by atoms with van der Waals surface area (Å²) in [6.07, 6.45) is 0. The topological polar surface area (TPSA) is 81.0 Å². The summed E-state index contributed by atoms with van der Waals surface area (Å²) in [7, 11) is 3.38. The molecule has 0 saturated carbocycles. The maximum Gasteiger partial charge on any atom is 0.374 e. The zero-order chi connectivity index (χ0) is 20.8. The quantitative estimate of drug-likeness (QED) is 0.585. The first-order valence-corrected chi connectivity index (χ1v) is 9.31. The molecule has 1 aromatic heterocycles. The van der Waals surface area contributed by atoms with Crippen LogP contribution >= 0.6 is 0 Å². The number of hydrogen-bond donors (Lipinski definition) is 1. The number of amides is 1. The van der Waals surface area contributed by atoms with Gasteiger partial charge in [-0.1, -0.05) is 24.3 Å². The van der Waals surface area contributed by atoms with Crippen LogP contribution in [0.2, 0.25) is 0 Å². The Hall–Kier alpha value is -3.32. The molecule has 3 rings (SSSR count). The van der Waals surface area contributed by atoms with E-state index in [1.165, 1.54) is 0 Å². The molecule has 0 atom stereocenters. The fraction of sp³-hybridized carbons (Fsp3) is 0.273. The summed E-state index contributed by atoms with van der Waals surface area (Å²) in [4.78, 5) is 26.6. The van der Waals surface area contributed by atoms with Crippen molar-refractivity contribution in [2.75, 3.05) is 32.6 Å². The van der Waals surface area contributed by atoms with Gasteiger partial charge in [0, 0.05) is 29.2 Å². The number of fused-ring (bicyclic) bond motifs is 1. The van der Waals surface area contributed by atoms with Gasteiger partial charge in [0.15, 0.2) is 0 Å². The highest BCUT2D eigenvalue weighted by Crippen LogP contribution is 2.27. The van der Waals surface area contributed by atoms with Crippen LogP contribution < -0.4 is 10.1 Å². The molecule has 29 heavy (non-hydrogen) atoms. The van der Waals surface area contributed by atoms with Crippen LogP contribution in [0.25, 0.3) is 11.0 Å². The Balaban J connectivity index is 1.73. The van der Waals surface area contributed by atoms with E-state index in [1.807, 2.05) is 36.2 Å². The molecule has 0 bridgehead atoms. The summed E-state index contributed by atoms with van der Waals surface area (Å²) in [5.41, 5.74) is 1.97. The summed E-state index contributed by atoms with van der Waals surface area (Å²) in [6.45, 7) is 2.50. The van der Waals surface area contributed by atoms with E-state index >= 15 is 0 Å². The summed E-state index contributed by atoms with van der Waals surface area (Å²) < 4.78 is 16.0. The van der Waals surface area contributed by atoms with Crippen LogP contribution in [0.15, 0.2) is 52.9 Å². The van der Waals surface area contributed by atoms with Gasteiger partial charge in [-0.15, -0.1) is 0 Å². The highest BCUT2D eigenvalue weighted by Gasteiger charge is 2.23. The molecule has 7 heteroatoms. The molecule has 0 spiro atoms. The lowest BCUT2D eigenvalue weighted by atomic mass is 10.1. The van der Waals surface area contributed by atoms with Crippen LogP contribution in [-0.4, -0.2) is 44.1 Å². The molecular formula is C22H24N2O5. The van der Waals surface area contributed by atoms with Crippen molar-refractivity contribution in [2.45, 2.75) is 13.5 Å². The molecule has 1 heterocycles. The number of esters is 1. The van der Waals surface area contributed by atoms with E-state index in [0.29, 0.717) is 29.1 Å². The molecule has 7 nitrogen and oxygen atoms in total. The molecule has 0 radical (unpaired) electrons. The number of likely N-dealkylation sites (N-methyl/N-ethyl adjacent to an activating group) is 1. The van der Waals surface area contributed by atoms with E-state index in [9.17, 15) is 9.59 Å². The Morgan fingerprint density at radius 1 is 1.14 bits per heavy atom. The number of nitrogens with one attached hydrogen (secondary N) is 1. The van der Waals surface area contributed by atoms with E-state index < -0.39 is 5.97 Å². The summed E-state index contributed by atoms with van der Waals surface area (Å²) in [5, 5.41) is 3.68. The number of para-hydroxylation sites is 1. The van der Waals surface area contributed by atoms with Crippen molar-refractivity contribution in [3.8, 4) is 5.75 Å². The number of benzene rings is 2. The first-order valence-electron chi connectivity index (χ1n) is 9.31. The second-order valence-electron chi connectivity index (χ2n) is 6.58. The second-order valence-corrected chi connectivity index (χ2v) is 6.58. The monoisotopic (exact) mass is 396 g/mol. The van der Waals surface area contributed by atoms with Crippen molar-refractivity contribution in [3.05, 3.63) is 59.9 Å². The summed E-state index contributed by atoms with van der Waals surface area (Å²) in [6, 6.07) is 14.6. The van der Waals surface area contributed by atoms with Gasteiger partial charge in [-0.3, -0.25) is 9.69 Å². The third-order valence-electron chi connectivity index (χ3n) is 4.35. The summed E-state index contributed by atoms with van der Waals surface area (Å²) >= 11 is 0. The Morgan fingerprint density at radius 3 is 2.69 bits per heavy atom. The van der Waals surface area contributed by atoms with E-state index in [1.54, 1.807) is 38.3 Å². The lowest BCUT2D eigenvalue weighted by Gasteiger charge is -2.16. The standard InChI is InChI=1S/C22H24N2O5/c1-4-28-22(26)21-18(17-10-5-6-11-19(17)29-21)13-24(2)14-20(25)23-15-8-7-9-16(12-15)27-3/h5-12H,4,13-14H2,1-3H3,(H,23,25). The SMILES string of the molecule is CCOC(=O)c1oc2ccccc2c1CN(C)CC(=O)Nc1cccc(OC)c1. The largest absolute Gasteiger partial charge is 0.497 e. The van der Waals surface area contributed by atoms with Crippen LogP contribution in [0.4, 0.5) is 5.69 Å². The van der Waals surface area contributed by atoms with Crippen LogP contribution in [0.5, 0.6) is 5.75 Å². The third kappa shape index (κ3) is 4.94. The Bertz CT molecular complexity index is 1010. The fourth-order valence-electron chi connectivity index (χ4n) is 3.09. The lowest BCUT2D eigenvalue weighted by molar-refractivity contribution is -0.117. The van der Waals surface area contributed by atoms with Gasteiger partial charge in [-0.2, -0.15) is 0 Å². The number of rotatable bonds is 8. The smallest absolute Gasteiger partial charge is 0.374 e. The first-order chi connectivity index (χ1) is 14.0. The average molecular weight is 396 g/mol. The highest BCUT2D eigenvalue weighted by molar-refractivity contribution is 5.96. The Kier molecular flexibility index (Phi) is 6.51. The van der Waals surface area contributed by atoms with Crippen LogP contribution in [0.3, 0.4) is 0 Å². The van der Waals surface area contributed by atoms with Crippen LogP contribution in [0.1, 0.15) is 23.0 Å². The number of methoxy groups -OCH3 is 1. The van der Waals surface area contributed by atoms with Crippen molar-refractivity contribution in [2.24, 2.45) is 0 Å².